The van der Waals surface area contributed by atoms with Gasteiger partial charge < -0.3 is 9.88 Å². The van der Waals surface area contributed by atoms with Gasteiger partial charge in [-0.15, -0.1) is 0 Å². The summed E-state index contributed by atoms with van der Waals surface area (Å²) in [4.78, 5) is 6.64. The molecule has 22 heavy (non-hydrogen) atoms. The second-order valence-electron chi connectivity index (χ2n) is 6.81. The van der Waals surface area contributed by atoms with Crippen LogP contribution in [0.3, 0.4) is 0 Å². The molecule has 0 aliphatic carbocycles. The van der Waals surface area contributed by atoms with Gasteiger partial charge in [-0.2, -0.15) is 0 Å². The van der Waals surface area contributed by atoms with E-state index < -0.39 is 0 Å². The fourth-order valence-electron chi connectivity index (χ4n) is 3.99. The maximum Gasteiger partial charge on any atom is 0.0991 e. The minimum atomic E-state index is 0.729. The molecule has 3 heterocycles. The third kappa shape index (κ3) is 2.81. The zero-order chi connectivity index (χ0) is 14.9. The number of nitrogens with zero attached hydrogens (tertiary/aromatic N) is 3. The first-order valence-electron chi connectivity index (χ1n) is 8.31. The molecule has 2 unspecified atom stereocenters. The van der Waals surface area contributed by atoms with Crippen molar-refractivity contribution in [2.24, 2.45) is 0 Å². The Labute approximate surface area is 132 Å². The second-order valence-corrected chi connectivity index (χ2v) is 6.81. The van der Waals surface area contributed by atoms with E-state index in [1.165, 1.54) is 36.9 Å². The first-order chi connectivity index (χ1) is 10.8. The lowest BCUT2D eigenvalue weighted by Crippen LogP contribution is -2.46. The van der Waals surface area contributed by atoms with Crippen LogP contribution >= 0.6 is 0 Å². The number of rotatable bonds is 4. The number of imidazole rings is 1. The Morgan fingerprint density at radius 3 is 2.55 bits per heavy atom. The minimum Gasteiger partial charge on any atom is -0.311 e. The van der Waals surface area contributed by atoms with Gasteiger partial charge in [0.2, 0.25) is 0 Å². The van der Waals surface area contributed by atoms with Gasteiger partial charge >= 0.3 is 0 Å². The highest BCUT2D eigenvalue weighted by molar-refractivity contribution is 5.34. The van der Waals surface area contributed by atoms with Gasteiger partial charge in [-0.3, -0.25) is 4.90 Å². The van der Waals surface area contributed by atoms with E-state index in [1.54, 1.807) is 0 Å². The maximum atomic E-state index is 4.10. The van der Waals surface area contributed by atoms with E-state index in [-0.39, 0.29) is 0 Å². The summed E-state index contributed by atoms with van der Waals surface area (Å²) in [5.74, 6) is 0. The topological polar surface area (TPSA) is 33.1 Å². The van der Waals surface area contributed by atoms with Crippen molar-refractivity contribution >= 4 is 0 Å². The van der Waals surface area contributed by atoms with Crippen molar-refractivity contribution in [1.29, 1.82) is 0 Å². The molecule has 0 amide bonds. The molecule has 2 atom stereocenters. The molecule has 0 radical (unpaired) electrons. The van der Waals surface area contributed by atoms with E-state index in [4.69, 9.17) is 0 Å². The molecule has 1 aromatic carbocycles. The zero-order valence-electron chi connectivity index (χ0n) is 13.2. The van der Waals surface area contributed by atoms with Crippen LogP contribution in [0.4, 0.5) is 0 Å². The van der Waals surface area contributed by atoms with Crippen LogP contribution in [0, 0.1) is 0 Å². The summed E-state index contributed by atoms with van der Waals surface area (Å²) in [7, 11) is 2.28. The first-order valence-corrected chi connectivity index (χ1v) is 8.31. The minimum absolute atomic E-state index is 0.729. The molecular formula is C18H24N4. The largest absolute Gasteiger partial charge is 0.311 e. The van der Waals surface area contributed by atoms with Crippen molar-refractivity contribution in [2.75, 3.05) is 7.05 Å². The Bertz CT molecular complexity index is 593. The molecule has 4 heteroatoms. The van der Waals surface area contributed by atoms with E-state index in [2.05, 4.69) is 46.5 Å². The molecule has 4 nitrogen and oxygen atoms in total. The lowest BCUT2D eigenvalue weighted by molar-refractivity contribution is 0.166. The van der Waals surface area contributed by atoms with Gasteiger partial charge in [0.15, 0.2) is 0 Å². The number of fused-ring (bicyclic) bond motifs is 2. The van der Waals surface area contributed by atoms with Crippen molar-refractivity contribution in [2.45, 2.75) is 50.4 Å². The number of piperidine rings is 1. The molecule has 2 saturated heterocycles. The van der Waals surface area contributed by atoms with Crippen LogP contribution < -0.4 is 5.32 Å². The SMILES string of the molecule is CN(Cc1ccc(-n2ccnc2)cc1)C1CC2CCC(C1)N2. The van der Waals surface area contributed by atoms with Gasteiger partial charge in [0, 0.05) is 42.8 Å². The Morgan fingerprint density at radius 2 is 1.91 bits per heavy atom. The molecule has 2 fully saturated rings. The fraction of sp³-hybridized carbons (Fsp3) is 0.500. The van der Waals surface area contributed by atoms with E-state index in [1.807, 2.05) is 23.3 Å². The molecule has 2 aliphatic rings. The van der Waals surface area contributed by atoms with Crippen LogP contribution in [0.25, 0.3) is 5.69 Å². The molecule has 0 saturated carbocycles. The summed E-state index contributed by atoms with van der Waals surface area (Å²) in [6.45, 7) is 1.04. The van der Waals surface area contributed by atoms with Crippen molar-refractivity contribution in [3.63, 3.8) is 0 Å². The average Bonchev–Trinajstić information content (AvgIpc) is 3.18. The molecule has 4 rings (SSSR count). The van der Waals surface area contributed by atoms with Crippen LogP contribution in [0.5, 0.6) is 0 Å². The Kier molecular flexibility index (Phi) is 3.72. The van der Waals surface area contributed by atoms with Gasteiger partial charge in [0.1, 0.15) is 0 Å². The molecule has 1 aromatic heterocycles. The molecule has 2 aromatic rings. The predicted octanol–water partition coefficient (Wildman–Crippen LogP) is 2.59. The molecule has 1 N–H and O–H groups in total. The summed E-state index contributed by atoms with van der Waals surface area (Å²) in [6.07, 6.45) is 11.0. The van der Waals surface area contributed by atoms with E-state index >= 15 is 0 Å². The highest BCUT2D eigenvalue weighted by atomic mass is 15.2. The van der Waals surface area contributed by atoms with Crippen LogP contribution in [0.15, 0.2) is 43.0 Å². The molecular weight excluding hydrogens is 272 g/mol. The average molecular weight is 296 g/mol. The zero-order valence-corrected chi connectivity index (χ0v) is 13.2. The van der Waals surface area contributed by atoms with Crippen molar-refractivity contribution in [1.82, 2.24) is 19.8 Å². The van der Waals surface area contributed by atoms with Crippen molar-refractivity contribution in [3.05, 3.63) is 48.5 Å². The summed E-state index contributed by atoms with van der Waals surface area (Å²) in [6, 6.07) is 11.1. The van der Waals surface area contributed by atoms with Crippen LogP contribution in [-0.4, -0.2) is 39.6 Å². The van der Waals surface area contributed by atoms with E-state index in [0.29, 0.717) is 0 Å². The monoisotopic (exact) mass is 296 g/mol. The van der Waals surface area contributed by atoms with Crippen LogP contribution in [0.1, 0.15) is 31.2 Å². The van der Waals surface area contributed by atoms with E-state index in [9.17, 15) is 0 Å². The summed E-state index contributed by atoms with van der Waals surface area (Å²) in [5.41, 5.74) is 2.56. The quantitative estimate of drug-likeness (QED) is 0.941. The molecule has 0 spiro atoms. The van der Waals surface area contributed by atoms with Crippen molar-refractivity contribution < 1.29 is 0 Å². The highest BCUT2D eigenvalue weighted by Gasteiger charge is 2.34. The number of hydrogen-bond donors (Lipinski definition) is 1. The fourth-order valence-corrected chi connectivity index (χ4v) is 3.99. The van der Waals surface area contributed by atoms with Gasteiger partial charge in [-0.25, -0.2) is 4.98 Å². The third-order valence-electron chi connectivity index (χ3n) is 5.24. The lowest BCUT2D eigenvalue weighted by atomic mass is 9.98. The smallest absolute Gasteiger partial charge is 0.0991 e. The third-order valence-corrected chi connectivity index (χ3v) is 5.24. The van der Waals surface area contributed by atoms with Gasteiger partial charge in [0.05, 0.1) is 6.33 Å². The van der Waals surface area contributed by atoms with Crippen LogP contribution in [0.2, 0.25) is 0 Å². The maximum absolute atomic E-state index is 4.10. The number of benzene rings is 1. The standard InChI is InChI=1S/C18H24N4/c1-21(18-10-15-4-5-16(11-18)20-15)12-14-2-6-17(7-3-14)22-9-8-19-13-22/h2-3,6-9,13,15-16,18,20H,4-5,10-12H2,1H3. The Morgan fingerprint density at radius 1 is 1.18 bits per heavy atom. The molecule has 2 aliphatic heterocycles. The Balaban J connectivity index is 1.40. The summed E-state index contributed by atoms with van der Waals surface area (Å²) >= 11 is 0. The van der Waals surface area contributed by atoms with Crippen LogP contribution in [-0.2, 0) is 6.54 Å². The first kappa shape index (κ1) is 14.0. The van der Waals surface area contributed by atoms with Crippen molar-refractivity contribution in [3.8, 4) is 5.69 Å². The second kappa shape index (κ2) is 5.86. The molecule has 2 bridgehead atoms. The predicted molar refractivity (Wildman–Crippen MR) is 88.0 cm³/mol. The number of aromatic nitrogens is 2. The number of nitrogens with one attached hydrogen (secondary N) is 1. The Hall–Kier alpha value is -1.65. The van der Waals surface area contributed by atoms with E-state index in [0.717, 1.165) is 24.7 Å². The van der Waals surface area contributed by atoms with Gasteiger partial charge in [0.25, 0.3) is 0 Å². The highest BCUT2D eigenvalue weighted by Crippen LogP contribution is 2.29. The normalized spacial score (nSPS) is 27.5. The van der Waals surface area contributed by atoms with Gasteiger partial charge in [-0.05, 0) is 50.4 Å². The summed E-state index contributed by atoms with van der Waals surface area (Å²) in [5, 5.41) is 3.73. The van der Waals surface area contributed by atoms with Gasteiger partial charge in [-0.1, -0.05) is 12.1 Å². The lowest BCUT2D eigenvalue weighted by Gasteiger charge is -2.35. The number of hydrogen-bond acceptors (Lipinski definition) is 3. The molecule has 116 valence electrons. The summed E-state index contributed by atoms with van der Waals surface area (Å²) < 4.78 is 2.04.